The van der Waals surface area contributed by atoms with Crippen LogP contribution in [0, 0.1) is 0 Å². The summed E-state index contributed by atoms with van der Waals surface area (Å²) < 4.78 is 6.14. The summed E-state index contributed by atoms with van der Waals surface area (Å²) in [5.41, 5.74) is 2.04. The van der Waals surface area contributed by atoms with Crippen LogP contribution in [0.15, 0.2) is 47.0 Å². The minimum atomic E-state index is -0.188. The van der Waals surface area contributed by atoms with Crippen molar-refractivity contribution < 1.29 is 9.21 Å². The van der Waals surface area contributed by atoms with Crippen LogP contribution in [0.1, 0.15) is 64.1 Å². The smallest absolute Gasteiger partial charge is 0.267 e. The van der Waals surface area contributed by atoms with Gasteiger partial charge in [0.05, 0.1) is 4.88 Å². The van der Waals surface area contributed by atoms with E-state index in [9.17, 15) is 4.79 Å². The molecular formula is C25H24N4O2S. The summed E-state index contributed by atoms with van der Waals surface area (Å²) in [5, 5.41) is 10.7. The number of aryl methyl sites for hydroxylation is 2. The minimum Gasteiger partial charge on any atom is -0.417 e. The first-order valence-electron chi connectivity index (χ1n) is 11.4. The van der Waals surface area contributed by atoms with Crippen LogP contribution in [0.5, 0.6) is 0 Å². The molecule has 0 N–H and O–H groups in total. The van der Waals surface area contributed by atoms with Crippen LogP contribution >= 0.6 is 11.3 Å². The Morgan fingerprint density at radius 3 is 2.91 bits per heavy atom. The van der Waals surface area contributed by atoms with Gasteiger partial charge in [-0.1, -0.05) is 24.3 Å². The summed E-state index contributed by atoms with van der Waals surface area (Å²) in [6, 6.07) is 11.9. The largest absolute Gasteiger partial charge is 0.417 e. The zero-order valence-electron chi connectivity index (χ0n) is 17.8. The van der Waals surface area contributed by atoms with Gasteiger partial charge in [0.25, 0.3) is 11.8 Å². The SMILES string of the molecule is O=C(c1cc2c(s1)CCCC2)N1CCCC[C@@H]1c1nnc(-c2nccc3ccccc23)o1. The van der Waals surface area contributed by atoms with Gasteiger partial charge in [0.15, 0.2) is 0 Å². The van der Waals surface area contributed by atoms with E-state index in [2.05, 4.69) is 21.2 Å². The molecule has 32 heavy (non-hydrogen) atoms. The fourth-order valence-corrected chi connectivity index (χ4v) is 6.13. The standard InChI is InChI=1S/C25H24N4O2S/c30-25(21-15-17-8-2-4-11-20(17)32-21)29-14-6-5-10-19(29)23-27-28-24(31-23)22-18-9-3-1-7-16(18)12-13-26-22/h1,3,7,9,12-13,15,19H,2,4-6,8,10-11,14H2/t19-/m1/s1. The van der Waals surface area contributed by atoms with E-state index in [1.54, 1.807) is 17.5 Å². The molecule has 0 bridgehead atoms. The Balaban J connectivity index is 1.32. The van der Waals surface area contributed by atoms with Crippen molar-refractivity contribution >= 4 is 28.0 Å². The minimum absolute atomic E-state index is 0.0946. The van der Waals surface area contributed by atoms with Crippen molar-refractivity contribution in [1.82, 2.24) is 20.1 Å². The lowest BCUT2D eigenvalue weighted by atomic mass is 9.99. The first-order valence-corrected chi connectivity index (χ1v) is 12.2. The van der Waals surface area contributed by atoms with E-state index in [4.69, 9.17) is 4.42 Å². The van der Waals surface area contributed by atoms with E-state index in [0.717, 1.165) is 54.3 Å². The van der Waals surface area contributed by atoms with Gasteiger partial charge in [0, 0.05) is 23.0 Å². The van der Waals surface area contributed by atoms with Crippen LogP contribution in [-0.2, 0) is 12.8 Å². The number of fused-ring (bicyclic) bond motifs is 2. The maximum absolute atomic E-state index is 13.5. The molecule has 162 valence electrons. The molecule has 1 aromatic carbocycles. The molecule has 0 saturated carbocycles. The molecule has 4 aromatic rings. The Hall–Kier alpha value is -3.06. The molecule has 1 saturated heterocycles. The van der Waals surface area contributed by atoms with Gasteiger partial charge in [-0.15, -0.1) is 21.5 Å². The number of hydrogen-bond acceptors (Lipinski definition) is 6. The predicted molar refractivity (Wildman–Crippen MR) is 124 cm³/mol. The summed E-state index contributed by atoms with van der Waals surface area (Å²) in [4.78, 5) is 22.2. The molecule has 1 atom stereocenters. The Morgan fingerprint density at radius 1 is 1.06 bits per heavy atom. The summed E-state index contributed by atoms with van der Waals surface area (Å²) in [6.45, 7) is 0.719. The normalized spacial score (nSPS) is 18.6. The highest BCUT2D eigenvalue weighted by molar-refractivity contribution is 7.14. The third-order valence-electron chi connectivity index (χ3n) is 6.57. The molecule has 1 amide bonds. The van der Waals surface area contributed by atoms with E-state index in [0.29, 0.717) is 17.5 Å². The second-order valence-electron chi connectivity index (χ2n) is 8.60. The number of thiophene rings is 1. The molecular weight excluding hydrogens is 420 g/mol. The zero-order chi connectivity index (χ0) is 21.5. The second-order valence-corrected chi connectivity index (χ2v) is 9.74. The molecule has 6 nitrogen and oxygen atoms in total. The highest BCUT2D eigenvalue weighted by Gasteiger charge is 2.34. The van der Waals surface area contributed by atoms with Crippen LogP contribution in [0.2, 0.25) is 0 Å². The van der Waals surface area contributed by atoms with Gasteiger partial charge in [-0.05, 0) is 68.0 Å². The average Bonchev–Trinajstić information content (AvgIpc) is 3.51. The molecule has 6 rings (SSSR count). The fraction of sp³-hybridized carbons (Fsp3) is 0.360. The van der Waals surface area contributed by atoms with E-state index >= 15 is 0 Å². The second kappa shape index (κ2) is 8.13. The lowest BCUT2D eigenvalue weighted by Gasteiger charge is -2.33. The lowest BCUT2D eigenvalue weighted by Crippen LogP contribution is -2.38. The Kier molecular flexibility index (Phi) is 4.98. The van der Waals surface area contributed by atoms with Crippen molar-refractivity contribution in [1.29, 1.82) is 0 Å². The maximum Gasteiger partial charge on any atom is 0.267 e. The van der Waals surface area contributed by atoms with E-state index in [1.165, 1.54) is 23.3 Å². The molecule has 7 heteroatoms. The van der Waals surface area contributed by atoms with Crippen LogP contribution < -0.4 is 0 Å². The molecule has 0 radical (unpaired) electrons. The molecule has 3 aromatic heterocycles. The zero-order valence-corrected chi connectivity index (χ0v) is 18.6. The summed E-state index contributed by atoms with van der Waals surface area (Å²) >= 11 is 1.67. The van der Waals surface area contributed by atoms with Crippen LogP contribution in [-0.4, -0.2) is 32.5 Å². The highest BCUT2D eigenvalue weighted by atomic mass is 32.1. The van der Waals surface area contributed by atoms with E-state index in [1.807, 2.05) is 35.2 Å². The van der Waals surface area contributed by atoms with Crippen molar-refractivity contribution in [3.05, 3.63) is 63.8 Å². The van der Waals surface area contributed by atoms with Gasteiger partial charge >= 0.3 is 0 Å². The van der Waals surface area contributed by atoms with Crippen molar-refractivity contribution in [2.24, 2.45) is 0 Å². The molecule has 1 aliphatic heterocycles. The number of amides is 1. The number of carbonyl (C=O) groups is 1. The first-order chi connectivity index (χ1) is 15.8. The predicted octanol–water partition coefficient (Wildman–Crippen LogP) is 5.59. The van der Waals surface area contributed by atoms with Gasteiger partial charge < -0.3 is 9.32 Å². The van der Waals surface area contributed by atoms with Gasteiger partial charge in [-0.3, -0.25) is 9.78 Å². The summed E-state index contributed by atoms with van der Waals surface area (Å²) in [7, 11) is 0. The Morgan fingerprint density at radius 2 is 1.97 bits per heavy atom. The number of carbonyl (C=O) groups excluding carboxylic acids is 1. The van der Waals surface area contributed by atoms with Gasteiger partial charge in [0.2, 0.25) is 5.89 Å². The highest BCUT2D eigenvalue weighted by Crippen LogP contribution is 2.36. The van der Waals surface area contributed by atoms with Crippen molar-refractivity contribution in [2.45, 2.75) is 51.0 Å². The van der Waals surface area contributed by atoms with Gasteiger partial charge in [0.1, 0.15) is 11.7 Å². The number of nitrogens with zero attached hydrogens (tertiary/aromatic N) is 4. The monoisotopic (exact) mass is 444 g/mol. The Bertz CT molecular complexity index is 1270. The maximum atomic E-state index is 13.5. The van der Waals surface area contributed by atoms with Crippen molar-refractivity contribution in [3.63, 3.8) is 0 Å². The van der Waals surface area contributed by atoms with Crippen LogP contribution in [0.4, 0.5) is 0 Å². The Labute approximate surface area is 190 Å². The van der Waals surface area contributed by atoms with Crippen molar-refractivity contribution in [2.75, 3.05) is 6.54 Å². The lowest BCUT2D eigenvalue weighted by molar-refractivity contribution is 0.0577. The number of benzene rings is 1. The number of piperidine rings is 1. The molecule has 1 fully saturated rings. The number of hydrogen-bond donors (Lipinski definition) is 0. The third-order valence-corrected chi connectivity index (χ3v) is 7.80. The van der Waals surface area contributed by atoms with E-state index in [-0.39, 0.29) is 11.9 Å². The quantitative estimate of drug-likeness (QED) is 0.412. The number of rotatable bonds is 3. The average molecular weight is 445 g/mol. The van der Waals surface area contributed by atoms with Crippen LogP contribution in [0.25, 0.3) is 22.4 Å². The molecule has 2 aliphatic rings. The first kappa shape index (κ1) is 19.6. The molecule has 4 heterocycles. The van der Waals surface area contributed by atoms with Gasteiger partial charge in [-0.25, -0.2) is 0 Å². The summed E-state index contributed by atoms with van der Waals surface area (Å²) in [5.74, 6) is 1.00. The van der Waals surface area contributed by atoms with E-state index < -0.39 is 0 Å². The topological polar surface area (TPSA) is 72.1 Å². The molecule has 1 aliphatic carbocycles. The van der Waals surface area contributed by atoms with Gasteiger partial charge in [-0.2, -0.15) is 0 Å². The van der Waals surface area contributed by atoms with Crippen LogP contribution in [0.3, 0.4) is 0 Å². The number of likely N-dealkylation sites (tertiary alicyclic amines) is 1. The third kappa shape index (κ3) is 3.41. The molecule has 0 spiro atoms. The molecule has 0 unspecified atom stereocenters. The summed E-state index contributed by atoms with van der Waals surface area (Å²) in [6.07, 6.45) is 9.27. The fourth-order valence-electron chi connectivity index (χ4n) is 4.92. The number of pyridine rings is 1. The van der Waals surface area contributed by atoms with Crippen molar-refractivity contribution in [3.8, 4) is 11.6 Å². The number of aromatic nitrogens is 3.